The van der Waals surface area contributed by atoms with Gasteiger partial charge in [0.05, 0.1) is 34.6 Å². The minimum Gasteiger partial charge on any atom is -0.488 e. The van der Waals surface area contributed by atoms with Gasteiger partial charge in [-0.25, -0.2) is 9.37 Å². The highest BCUT2D eigenvalue weighted by Gasteiger charge is 2.38. The number of benzene rings is 1. The molecule has 1 aliphatic carbocycles. The molecule has 28 heavy (non-hydrogen) atoms. The monoisotopic (exact) mass is 408 g/mol. The summed E-state index contributed by atoms with van der Waals surface area (Å²) in [5.74, 6) is 0.00479. The smallest absolute Gasteiger partial charge is 0.223 e. The molecule has 2 N–H and O–H groups in total. The third-order valence-electron chi connectivity index (χ3n) is 5.54. The van der Waals surface area contributed by atoms with Crippen LogP contribution in [0.1, 0.15) is 39.5 Å². The van der Waals surface area contributed by atoms with Crippen molar-refractivity contribution in [2.45, 2.75) is 63.4 Å². The van der Waals surface area contributed by atoms with Crippen molar-refractivity contribution in [1.82, 2.24) is 10.3 Å². The Labute approximate surface area is 167 Å². The van der Waals surface area contributed by atoms with Crippen LogP contribution in [-0.4, -0.2) is 46.5 Å². The van der Waals surface area contributed by atoms with Crippen molar-refractivity contribution in [1.29, 1.82) is 0 Å². The van der Waals surface area contributed by atoms with Gasteiger partial charge in [0.2, 0.25) is 5.91 Å². The molecule has 0 spiro atoms. The summed E-state index contributed by atoms with van der Waals surface area (Å²) in [5, 5.41) is 13.1. The first-order valence-electron chi connectivity index (χ1n) is 9.63. The van der Waals surface area contributed by atoms with Crippen LogP contribution in [0.3, 0.4) is 0 Å². The number of aliphatic hydroxyl groups is 1. The molecule has 0 radical (unpaired) electrons. The lowest BCUT2D eigenvalue weighted by Gasteiger charge is -2.38. The zero-order valence-corrected chi connectivity index (χ0v) is 16.8. The Hall–Kier alpha value is -1.77. The van der Waals surface area contributed by atoms with Crippen LogP contribution in [0, 0.1) is 11.7 Å². The topological polar surface area (TPSA) is 80.7 Å². The number of rotatable bonds is 5. The second-order valence-corrected chi connectivity index (χ2v) is 9.16. The number of hydrogen-bond acceptors (Lipinski definition) is 6. The van der Waals surface area contributed by atoms with Gasteiger partial charge in [-0.15, -0.1) is 11.3 Å². The van der Waals surface area contributed by atoms with Gasteiger partial charge in [0.15, 0.2) is 0 Å². The maximum Gasteiger partial charge on any atom is 0.223 e. The van der Waals surface area contributed by atoms with E-state index in [0.717, 1.165) is 11.1 Å². The largest absolute Gasteiger partial charge is 0.488 e. The van der Waals surface area contributed by atoms with Crippen molar-refractivity contribution < 1.29 is 23.8 Å². The second kappa shape index (κ2) is 7.57. The van der Waals surface area contributed by atoms with Crippen molar-refractivity contribution in [3.63, 3.8) is 0 Å². The third-order valence-corrected chi connectivity index (χ3v) is 6.31. The summed E-state index contributed by atoms with van der Waals surface area (Å²) in [7, 11) is 0. The Kier molecular flexibility index (Phi) is 5.28. The molecular formula is C20H25FN2O4S. The lowest BCUT2D eigenvalue weighted by molar-refractivity contribution is -0.137. The Bertz CT molecular complexity index is 851. The average molecular weight is 408 g/mol. The fourth-order valence-electron chi connectivity index (χ4n) is 3.79. The summed E-state index contributed by atoms with van der Waals surface area (Å²) in [6, 6.07) is 2.78. The van der Waals surface area contributed by atoms with E-state index < -0.39 is 5.60 Å². The number of fused-ring (bicyclic) bond motifs is 1. The van der Waals surface area contributed by atoms with Crippen LogP contribution in [0.25, 0.3) is 10.2 Å². The maximum absolute atomic E-state index is 13.7. The minimum absolute atomic E-state index is 0.00760. The molecular weight excluding hydrogens is 383 g/mol. The van der Waals surface area contributed by atoms with Crippen molar-refractivity contribution >= 4 is 27.5 Å². The molecule has 1 amide bonds. The quantitative estimate of drug-likeness (QED) is 0.795. The van der Waals surface area contributed by atoms with Gasteiger partial charge in [0.1, 0.15) is 23.2 Å². The van der Waals surface area contributed by atoms with Crippen LogP contribution in [0.15, 0.2) is 17.6 Å². The van der Waals surface area contributed by atoms with Crippen molar-refractivity contribution in [2.24, 2.45) is 5.92 Å². The van der Waals surface area contributed by atoms with E-state index in [0.29, 0.717) is 37.1 Å². The van der Waals surface area contributed by atoms with Crippen LogP contribution >= 0.6 is 11.3 Å². The molecule has 152 valence electrons. The number of nitrogens with zero attached hydrogens (tertiary/aromatic N) is 1. The van der Waals surface area contributed by atoms with Crippen LogP contribution in [-0.2, 0) is 9.53 Å². The van der Waals surface area contributed by atoms with Crippen LogP contribution in [0.5, 0.6) is 5.75 Å². The third kappa shape index (κ3) is 4.14. The molecule has 1 aliphatic heterocycles. The van der Waals surface area contributed by atoms with E-state index in [4.69, 9.17) is 9.47 Å². The molecule has 6 nitrogen and oxygen atoms in total. The molecule has 1 saturated carbocycles. The van der Waals surface area contributed by atoms with Gasteiger partial charge in [-0.1, -0.05) is 0 Å². The summed E-state index contributed by atoms with van der Waals surface area (Å²) in [5.41, 5.74) is 1.47. The molecule has 2 atom stereocenters. The Morgan fingerprint density at radius 2 is 2.18 bits per heavy atom. The van der Waals surface area contributed by atoms with Gasteiger partial charge >= 0.3 is 0 Å². The number of aromatic nitrogens is 1. The number of carbonyl (C=O) groups is 1. The van der Waals surface area contributed by atoms with E-state index in [2.05, 4.69) is 10.3 Å². The molecule has 1 aromatic carbocycles. The number of ether oxygens (including phenoxy) is 2. The maximum atomic E-state index is 13.7. The van der Waals surface area contributed by atoms with Crippen LogP contribution < -0.4 is 10.1 Å². The summed E-state index contributed by atoms with van der Waals surface area (Å²) in [6.45, 7) is 3.89. The molecule has 8 heteroatoms. The van der Waals surface area contributed by atoms with Crippen molar-refractivity contribution in [3.05, 3.63) is 23.5 Å². The predicted octanol–water partition coefficient (Wildman–Crippen LogP) is 3.03. The zero-order valence-electron chi connectivity index (χ0n) is 16.0. The van der Waals surface area contributed by atoms with Gasteiger partial charge in [0, 0.05) is 12.0 Å². The first-order chi connectivity index (χ1) is 13.3. The molecule has 0 bridgehead atoms. The van der Waals surface area contributed by atoms with E-state index in [1.54, 1.807) is 19.4 Å². The molecule has 2 aliphatic rings. The van der Waals surface area contributed by atoms with Crippen LogP contribution in [0.4, 0.5) is 4.39 Å². The molecule has 1 aromatic heterocycles. The number of carbonyl (C=O) groups excluding carboxylic acids is 1. The number of halogens is 1. The highest BCUT2D eigenvalue weighted by molar-refractivity contribution is 7.16. The normalized spacial score (nSPS) is 28.0. The summed E-state index contributed by atoms with van der Waals surface area (Å²) >= 11 is 1.37. The number of hydrogen-bond donors (Lipinski definition) is 2. The van der Waals surface area contributed by atoms with Gasteiger partial charge in [-0.3, -0.25) is 4.79 Å². The molecule has 2 fully saturated rings. The Balaban J connectivity index is 1.25. The van der Waals surface area contributed by atoms with E-state index in [-0.39, 0.29) is 35.9 Å². The van der Waals surface area contributed by atoms with Gasteiger partial charge < -0.3 is 19.9 Å². The highest BCUT2D eigenvalue weighted by atomic mass is 32.1. The van der Waals surface area contributed by atoms with E-state index >= 15 is 0 Å². The van der Waals surface area contributed by atoms with Gasteiger partial charge in [-0.2, -0.15) is 0 Å². The van der Waals surface area contributed by atoms with Gasteiger partial charge in [-0.05, 0) is 45.6 Å². The molecule has 2 aromatic rings. The molecule has 4 rings (SSSR count). The van der Waals surface area contributed by atoms with Gasteiger partial charge in [0.25, 0.3) is 0 Å². The van der Waals surface area contributed by atoms with E-state index in [1.165, 1.54) is 23.5 Å². The lowest BCUT2D eigenvalue weighted by Crippen LogP contribution is -2.51. The Morgan fingerprint density at radius 3 is 2.86 bits per heavy atom. The number of amides is 1. The van der Waals surface area contributed by atoms with E-state index in [1.807, 2.05) is 0 Å². The molecule has 2 heterocycles. The average Bonchev–Trinajstić information content (AvgIpc) is 3.05. The summed E-state index contributed by atoms with van der Waals surface area (Å²) < 4.78 is 26.1. The fourth-order valence-corrected chi connectivity index (χ4v) is 4.51. The first kappa shape index (κ1) is 19.5. The van der Waals surface area contributed by atoms with E-state index in [9.17, 15) is 14.3 Å². The predicted molar refractivity (Wildman–Crippen MR) is 104 cm³/mol. The minimum atomic E-state index is -0.868. The highest BCUT2D eigenvalue weighted by Crippen LogP contribution is 2.36. The summed E-state index contributed by atoms with van der Waals surface area (Å²) in [6.07, 6.45) is 2.41. The lowest BCUT2D eigenvalue weighted by atomic mass is 9.81. The Morgan fingerprint density at radius 1 is 1.39 bits per heavy atom. The molecule has 0 unspecified atom stereocenters. The molecule has 1 saturated heterocycles. The number of thiazole rings is 1. The second-order valence-electron chi connectivity index (χ2n) is 8.27. The van der Waals surface area contributed by atoms with Crippen LogP contribution in [0.2, 0.25) is 0 Å². The SMILES string of the molecule is CC(C)(O)[C@H]1CC[C@H](NC(=O)C2CC(Oc3cc(F)cc4scnc34)C2)CO1. The standard InChI is InChI=1S/C20H25FN2O4S/c1-20(2,25)17-4-3-13(9-26-17)23-19(24)11-5-14(6-11)27-15-7-12(21)8-16-18(15)22-10-28-16/h7-8,10-11,13-14,17,25H,3-6,9H2,1-2H3,(H,23,24)/t11?,13-,14?,17+/m0/s1. The van der Waals surface area contributed by atoms with Crippen molar-refractivity contribution in [3.8, 4) is 5.75 Å². The zero-order chi connectivity index (χ0) is 19.9. The fraction of sp³-hybridized carbons (Fsp3) is 0.600. The number of nitrogens with one attached hydrogen (secondary N) is 1. The van der Waals surface area contributed by atoms with Crippen molar-refractivity contribution in [2.75, 3.05) is 6.61 Å². The summed E-state index contributed by atoms with van der Waals surface area (Å²) in [4.78, 5) is 16.7. The first-order valence-corrected chi connectivity index (χ1v) is 10.5.